The molecule has 0 aromatic rings. The number of hydrogen-bond donors (Lipinski definition) is 3. The molecule has 0 aromatic carbocycles. The summed E-state index contributed by atoms with van der Waals surface area (Å²) >= 11 is 0. The lowest BCUT2D eigenvalue weighted by molar-refractivity contribution is 0.146. The fourth-order valence-corrected chi connectivity index (χ4v) is 2.11. The van der Waals surface area contributed by atoms with Crippen LogP contribution in [0, 0.1) is 0 Å². The summed E-state index contributed by atoms with van der Waals surface area (Å²) in [5.41, 5.74) is 2.63. The fourth-order valence-electron chi connectivity index (χ4n) is 2.11. The van der Waals surface area contributed by atoms with E-state index in [-0.39, 0.29) is 0 Å². The second kappa shape index (κ2) is 9.13. The number of nitrogens with two attached hydrogens (primary N) is 1. The number of hydrogen-bond acceptors (Lipinski definition) is 4. The van der Waals surface area contributed by atoms with Crippen molar-refractivity contribution in [2.75, 3.05) is 39.9 Å². The number of nitrogens with zero attached hydrogens (tertiary/aromatic N) is 2. The van der Waals surface area contributed by atoms with Crippen molar-refractivity contribution < 1.29 is 4.74 Å². The minimum atomic E-state index is 0.436. The van der Waals surface area contributed by atoms with Crippen LogP contribution < -0.4 is 16.6 Å². The summed E-state index contributed by atoms with van der Waals surface area (Å²) in [6.45, 7) is 6.46. The predicted molar refractivity (Wildman–Crippen MR) is 74.4 cm³/mol. The molecule has 1 aliphatic heterocycles. The van der Waals surface area contributed by atoms with E-state index in [1.54, 1.807) is 0 Å². The molecule has 0 aromatic heterocycles. The van der Waals surface area contributed by atoms with Gasteiger partial charge in [-0.05, 0) is 39.8 Å². The second-order valence-electron chi connectivity index (χ2n) is 4.67. The Labute approximate surface area is 110 Å². The van der Waals surface area contributed by atoms with Crippen LogP contribution >= 0.6 is 0 Å². The summed E-state index contributed by atoms with van der Waals surface area (Å²) in [6.07, 6.45) is 3.31. The van der Waals surface area contributed by atoms with Gasteiger partial charge in [0.05, 0.1) is 0 Å². The van der Waals surface area contributed by atoms with Crippen molar-refractivity contribution in [3.05, 3.63) is 0 Å². The van der Waals surface area contributed by atoms with E-state index in [4.69, 9.17) is 10.6 Å². The molecule has 4 N–H and O–H groups in total. The van der Waals surface area contributed by atoms with Crippen molar-refractivity contribution in [1.29, 1.82) is 0 Å². The first-order chi connectivity index (χ1) is 8.76. The van der Waals surface area contributed by atoms with E-state index in [2.05, 4.69) is 27.7 Å². The molecule has 106 valence electrons. The summed E-state index contributed by atoms with van der Waals surface area (Å²) in [7, 11) is 2.14. The van der Waals surface area contributed by atoms with Crippen LogP contribution in [0.3, 0.4) is 0 Å². The van der Waals surface area contributed by atoms with Gasteiger partial charge in [0, 0.05) is 32.3 Å². The fraction of sp³-hybridized carbons (Fsp3) is 0.917. The van der Waals surface area contributed by atoms with Crippen LogP contribution in [0.2, 0.25) is 0 Å². The molecule has 0 radical (unpaired) electrons. The molecule has 0 aliphatic carbocycles. The highest BCUT2D eigenvalue weighted by atomic mass is 16.5. The quantitative estimate of drug-likeness (QED) is 0.204. The molecular formula is C12H27N5O. The monoisotopic (exact) mass is 257 g/mol. The van der Waals surface area contributed by atoms with E-state index in [1.165, 1.54) is 19.4 Å². The van der Waals surface area contributed by atoms with Crippen LogP contribution in [0.5, 0.6) is 0 Å². The van der Waals surface area contributed by atoms with Crippen molar-refractivity contribution in [3.63, 3.8) is 0 Å². The first-order valence-corrected chi connectivity index (χ1v) is 6.80. The van der Waals surface area contributed by atoms with Gasteiger partial charge in [0.25, 0.3) is 0 Å². The molecule has 1 unspecified atom stereocenters. The third kappa shape index (κ3) is 6.18. The van der Waals surface area contributed by atoms with Crippen LogP contribution in [0.1, 0.15) is 26.2 Å². The van der Waals surface area contributed by atoms with Crippen molar-refractivity contribution in [2.24, 2.45) is 10.8 Å². The normalized spacial score (nSPS) is 21.9. The largest absolute Gasteiger partial charge is 0.382 e. The Balaban J connectivity index is 2.24. The lowest BCUT2D eigenvalue weighted by Gasteiger charge is -2.30. The number of likely N-dealkylation sites (N-methyl/N-ethyl adjacent to an activating group) is 1. The minimum Gasteiger partial charge on any atom is -0.382 e. The standard InChI is InChI=1S/C12H27N5O/c1-3-18-9-5-7-14-12(16-13)15-11-6-4-8-17(2)10-11/h11H,3-10,13H2,1-2H3,(H2,14,15,16). The van der Waals surface area contributed by atoms with Gasteiger partial charge >= 0.3 is 0 Å². The summed E-state index contributed by atoms with van der Waals surface area (Å²) in [4.78, 5) is 6.73. The van der Waals surface area contributed by atoms with Gasteiger partial charge in [0.2, 0.25) is 5.96 Å². The Morgan fingerprint density at radius 3 is 3.06 bits per heavy atom. The topological polar surface area (TPSA) is 74.9 Å². The van der Waals surface area contributed by atoms with Crippen molar-refractivity contribution in [1.82, 2.24) is 15.6 Å². The molecule has 0 amide bonds. The van der Waals surface area contributed by atoms with Crippen LogP contribution in [-0.4, -0.2) is 56.8 Å². The Hall–Kier alpha value is -0.850. The Kier molecular flexibility index (Phi) is 7.71. The van der Waals surface area contributed by atoms with Crippen molar-refractivity contribution in [3.8, 4) is 0 Å². The molecule has 1 atom stereocenters. The highest BCUT2D eigenvalue weighted by Gasteiger charge is 2.17. The van der Waals surface area contributed by atoms with E-state index in [9.17, 15) is 0 Å². The molecule has 18 heavy (non-hydrogen) atoms. The molecule has 1 aliphatic rings. The molecule has 0 spiro atoms. The number of hydrazine groups is 1. The molecule has 1 rings (SSSR count). The lowest BCUT2D eigenvalue weighted by Crippen LogP contribution is -2.51. The second-order valence-corrected chi connectivity index (χ2v) is 4.67. The average Bonchev–Trinajstić information content (AvgIpc) is 2.37. The molecule has 0 bridgehead atoms. The number of guanidine groups is 1. The third-order valence-corrected chi connectivity index (χ3v) is 3.02. The maximum Gasteiger partial charge on any atom is 0.205 e. The van der Waals surface area contributed by atoms with E-state index in [1.807, 2.05) is 6.92 Å². The van der Waals surface area contributed by atoms with Gasteiger partial charge in [-0.3, -0.25) is 10.4 Å². The Morgan fingerprint density at radius 1 is 1.56 bits per heavy atom. The lowest BCUT2D eigenvalue weighted by atomic mass is 10.1. The molecule has 1 heterocycles. The van der Waals surface area contributed by atoms with Gasteiger partial charge in [-0.25, -0.2) is 5.84 Å². The van der Waals surface area contributed by atoms with Gasteiger partial charge in [-0.1, -0.05) is 0 Å². The van der Waals surface area contributed by atoms with Gasteiger partial charge in [-0.2, -0.15) is 0 Å². The Morgan fingerprint density at radius 2 is 2.39 bits per heavy atom. The first-order valence-electron chi connectivity index (χ1n) is 6.80. The smallest absolute Gasteiger partial charge is 0.205 e. The maximum atomic E-state index is 5.48. The predicted octanol–water partition coefficient (Wildman–Crippen LogP) is -0.0839. The maximum absolute atomic E-state index is 5.48. The SMILES string of the molecule is CCOCCCN=C(NN)NC1CCCN(C)C1. The van der Waals surface area contributed by atoms with Crippen molar-refractivity contribution >= 4 is 5.96 Å². The third-order valence-electron chi connectivity index (χ3n) is 3.02. The molecule has 1 fully saturated rings. The zero-order valence-corrected chi connectivity index (χ0v) is 11.6. The van der Waals surface area contributed by atoms with Gasteiger partial charge < -0.3 is 15.0 Å². The highest BCUT2D eigenvalue weighted by Crippen LogP contribution is 2.07. The molecular weight excluding hydrogens is 230 g/mol. The summed E-state index contributed by atoms with van der Waals surface area (Å²) in [5, 5.41) is 3.36. The number of nitrogens with one attached hydrogen (secondary N) is 2. The minimum absolute atomic E-state index is 0.436. The molecule has 1 saturated heterocycles. The Bertz CT molecular complexity index is 247. The zero-order valence-electron chi connectivity index (χ0n) is 11.6. The summed E-state index contributed by atoms with van der Waals surface area (Å²) in [5.74, 6) is 6.16. The number of aliphatic imine (C=N–C) groups is 1. The number of piperidine rings is 1. The van der Waals surface area contributed by atoms with E-state index in [0.29, 0.717) is 12.0 Å². The van der Waals surface area contributed by atoms with Gasteiger partial charge in [0.1, 0.15) is 0 Å². The van der Waals surface area contributed by atoms with Crippen LogP contribution in [0.15, 0.2) is 4.99 Å². The van der Waals surface area contributed by atoms with Crippen LogP contribution in [0.4, 0.5) is 0 Å². The molecule has 0 saturated carbocycles. The zero-order chi connectivity index (χ0) is 13.2. The highest BCUT2D eigenvalue weighted by molar-refractivity contribution is 5.79. The summed E-state index contributed by atoms with van der Waals surface area (Å²) < 4.78 is 5.26. The number of rotatable bonds is 6. The van der Waals surface area contributed by atoms with Gasteiger partial charge in [-0.15, -0.1) is 0 Å². The number of ether oxygens (including phenoxy) is 1. The van der Waals surface area contributed by atoms with Crippen molar-refractivity contribution in [2.45, 2.75) is 32.2 Å². The van der Waals surface area contributed by atoms with E-state index in [0.717, 1.165) is 32.7 Å². The molecule has 6 heteroatoms. The first kappa shape index (κ1) is 15.2. The van der Waals surface area contributed by atoms with Crippen LogP contribution in [-0.2, 0) is 4.74 Å². The average molecular weight is 257 g/mol. The van der Waals surface area contributed by atoms with Crippen LogP contribution in [0.25, 0.3) is 0 Å². The molecule has 6 nitrogen and oxygen atoms in total. The number of likely N-dealkylation sites (tertiary alicyclic amines) is 1. The van der Waals surface area contributed by atoms with E-state index < -0.39 is 0 Å². The van der Waals surface area contributed by atoms with Gasteiger partial charge in [0.15, 0.2) is 0 Å². The summed E-state index contributed by atoms with van der Waals surface area (Å²) in [6, 6.07) is 0.436. The van der Waals surface area contributed by atoms with E-state index >= 15 is 0 Å².